The Hall–Kier alpha value is -4.13. The molecular weight excluding hydrogens is 421 g/mol. The van der Waals surface area contributed by atoms with Crippen molar-refractivity contribution in [2.24, 2.45) is 0 Å². The molecule has 0 bridgehead atoms. The van der Waals surface area contributed by atoms with Crippen molar-refractivity contribution in [3.8, 4) is 17.0 Å². The second kappa shape index (κ2) is 9.99. The first kappa shape index (κ1) is 22.1. The van der Waals surface area contributed by atoms with Crippen molar-refractivity contribution in [2.75, 3.05) is 19.0 Å². The number of nitrogens with one attached hydrogen (secondary N) is 3. The molecule has 1 heterocycles. The van der Waals surface area contributed by atoms with Gasteiger partial charge in [0.25, 0.3) is 5.91 Å². The quantitative estimate of drug-likeness (QED) is 0.369. The normalized spacial score (nSPS) is 10.7. The molecule has 0 aliphatic heterocycles. The van der Waals surface area contributed by atoms with E-state index in [2.05, 4.69) is 15.6 Å². The van der Waals surface area contributed by atoms with Crippen LogP contribution in [-0.4, -0.2) is 30.5 Å². The van der Waals surface area contributed by atoms with Gasteiger partial charge in [-0.05, 0) is 47.9 Å². The molecule has 2 amide bonds. The number of benzene rings is 3. The minimum atomic E-state index is -0.319. The summed E-state index contributed by atoms with van der Waals surface area (Å²) in [6, 6.07) is 21.3. The fourth-order valence-electron chi connectivity index (χ4n) is 3.68. The molecule has 4 rings (SSSR count). The minimum absolute atomic E-state index is 0.104. The Labute approximate surface area is 190 Å². The maximum absolute atomic E-state index is 14.0. The lowest BCUT2D eigenvalue weighted by Gasteiger charge is -2.09. The van der Waals surface area contributed by atoms with E-state index in [4.69, 9.17) is 4.74 Å². The van der Waals surface area contributed by atoms with Crippen molar-refractivity contribution in [1.82, 2.24) is 10.3 Å². The summed E-state index contributed by atoms with van der Waals surface area (Å²) in [5, 5.41) is 6.12. The first-order valence-corrected chi connectivity index (χ1v) is 10.6. The monoisotopic (exact) mass is 445 g/mol. The highest BCUT2D eigenvalue weighted by Crippen LogP contribution is 2.32. The number of anilines is 1. The Balaban J connectivity index is 1.49. The third kappa shape index (κ3) is 5.38. The van der Waals surface area contributed by atoms with Gasteiger partial charge in [0.2, 0.25) is 5.91 Å². The van der Waals surface area contributed by atoms with Crippen molar-refractivity contribution < 1.29 is 18.7 Å². The van der Waals surface area contributed by atoms with E-state index >= 15 is 0 Å². The lowest BCUT2D eigenvalue weighted by molar-refractivity contribution is -0.122. The number of hydrogen-bond acceptors (Lipinski definition) is 3. The lowest BCUT2D eigenvalue weighted by Crippen LogP contribution is -2.24. The molecule has 0 saturated heterocycles. The van der Waals surface area contributed by atoms with Crippen LogP contribution < -0.4 is 15.4 Å². The Bertz CT molecular complexity index is 1280. The maximum Gasteiger partial charge on any atom is 0.257 e. The summed E-state index contributed by atoms with van der Waals surface area (Å²) in [5.41, 5.74) is 4.15. The minimum Gasteiger partial charge on any atom is -0.484 e. The number of likely N-dealkylation sites (N-methyl/N-ethyl adjacent to an activating group) is 1. The number of ether oxygens (including phenoxy) is 1. The van der Waals surface area contributed by atoms with Gasteiger partial charge in [-0.15, -0.1) is 0 Å². The fourth-order valence-corrected chi connectivity index (χ4v) is 3.68. The van der Waals surface area contributed by atoms with E-state index in [1.807, 2.05) is 30.3 Å². The molecule has 0 radical (unpaired) electrons. The summed E-state index contributed by atoms with van der Waals surface area (Å²) >= 11 is 0. The van der Waals surface area contributed by atoms with Gasteiger partial charge in [-0.1, -0.05) is 36.4 Å². The van der Waals surface area contributed by atoms with Gasteiger partial charge in [0.1, 0.15) is 11.6 Å². The first-order chi connectivity index (χ1) is 16.0. The van der Waals surface area contributed by atoms with Crippen molar-refractivity contribution in [3.05, 3.63) is 84.2 Å². The van der Waals surface area contributed by atoms with E-state index in [0.29, 0.717) is 17.9 Å². The largest absolute Gasteiger partial charge is 0.484 e. The van der Waals surface area contributed by atoms with Gasteiger partial charge in [-0.3, -0.25) is 9.59 Å². The number of fused-ring (bicyclic) bond motifs is 1. The van der Waals surface area contributed by atoms with Crippen LogP contribution in [0.1, 0.15) is 12.0 Å². The molecule has 168 valence electrons. The maximum atomic E-state index is 14.0. The Morgan fingerprint density at radius 3 is 2.58 bits per heavy atom. The number of aryl methyl sites for hydroxylation is 1. The summed E-state index contributed by atoms with van der Waals surface area (Å²) in [4.78, 5) is 27.4. The number of aromatic nitrogens is 1. The van der Waals surface area contributed by atoms with Gasteiger partial charge in [-0.25, -0.2) is 4.39 Å². The van der Waals surface area contributed by atoms with Crippen molar-refractivity contribution >= 4 is 28.4 Å². The van der Waals surface area contributed by atoms with Gasteiger partial charge < -0.3 is 20.4 Å². The molecule has 1 aromatic heterocycles. The molecule has 0 spiro atoms. The summed E-state index contributed by atoms with van der Waals surface area (Å²) in [5.74, 6) is -0.257. The van der Waals surface area contributed by atoms with E-state index in [-0.39, 0.29) is 30.7 Å². The smallest absolute Gasteiger partial charge is 0.257 e. The molecule has 0 unspecified atom stereocenters. The summed E-state index contributed by atoms with van der Waals surface area (Å²) in [6.07, 6.45) is 0.652. The average Bonchev–Trinajstić information content (AvgIpc) is 3.19. The molecule has 0 aliphatic rings. The van der Waals surface area contributed by atoms with Gasteiger partial charge in [0.15, 0.2) is 6.61 Å². The van der Waals surface area contributed by atoms with Crippen molar-refractivity contribution in [3.63, 3.8) is 0 Å². The fraction of sp³-hybridized carbons (Fsp3) is 0.154. The first-order valence-electron chi connectivity index (χ1n) is 10.6. The Kier molecular flexibility index (Phi) is 6.69. The molecule has 6 nitrogen and oxygen atoms in total. The van der Waals surface area contributed by atoms with Crippen LogP contribution in [0.2, 0.25) is 0 Å². The Morgan fingerprint density at radius 2 is 1.79 bits per heavy atom. The van der Waals surface area contributed by atoms with E-state index in [9.17, 15) is 14.0 Å². The van der Waals surface area contributed by atoms with E-state index in [1.165, 1.54) is 19.2 Å². The highest BCUT2D eigenvalue weighted by molar-refractivity contribution is 5.94. The summed E-state index contributed by atoms with van der Waals surface area (Å²) < 4.78 is 19.4. The highest BCUT2D eigenvalue weighted by Gasteiger charge is 2.15. The van der Waals surface area contributed by atoms with E-state index in [0.717, 1.165) is 27.7 Å². The van der Waals surface area contributed by atoms with Crippen LogP contribution in [0.25, 0.3) is 22.2 Å². The van der Waals surface area contributed by atoms with Crippen molar-refractivity contribution in [2.45, 2.75) is 12.8 Å². The number of halogens is 1. The van der Waals surface area contributed by atoms with Crippen LogP contribution in [0, 0.1) is 5.82 Å². The van der Waals surface area contributed by atoms with Crippen LogP contribution in [0.5, 0.6) is 5.75 Å². The SMILES string of the molecule is CNC(=O)COc1cccc(NC(=O)CCc2c(-c3ccccc3)[nH]c3ccc(F)cc23)c1. The van der Waals surface area contributed by atoms with Crippen LogP contribution in [0.3, 0.4) is 0 Å². The molecule has 3 aromatic carbocycles. The third-order valence-electron chi connectivity index (χ3n) is 5.30. The molecule has 4 aromatic rings. The van der Waals surface area contributed by atoms with E-state index < -0.39 is 0 Å². The Morgan fingerprint density at radius 1 is 0.970 bits per heavy atom. The van der Waals surface area contributed by atoms with Crippen molar-refractivity contribution in [1.29, 1.82) is 0 Å². The number of amides is 2. The van der Waals surface area contributed by atoms with Crippen LogP contribution in [-0.2, 0) is 16.0 Å². The zero-order valence-electron chi connectivity index (χ0n) is 18.2. The second-order valence-corrected chi connectivity index (χ2v) is 7.57. The number of H-pyrrole nitrogens is 1. The molecule has 0 fully saturated rings. The number of carbonyl (C=O) groups is 2. The lowest BCUT2D eigenvalue weighted by atomic mass is 10.0. The molecule has 33 heavy (non-hydrogen) atoms. The summed E-state index contributed by atoms with van der Waals surface area (Å²) in [7, 11) is 1.54. The summed E-state index contributed by atoms with van der Waals surface area (Å²) in [6.45, 7) is -0.104. The average molecular weight is 445 g/mol. The molecule has 0 saturated carbocycles. The van der Waals surface area contributed by atoms with Crippen LogP contribution in [0.15, 0.2) is 72.8 Å². The molecule has 0 atom stereocenters. The molecule has 0 aliphatic carbocycles. The predicted octanol–water partition coefficient (Wildman–Crippen LogP) is 4.67. The highest BCUT2D eigenvalue weighted by atomic mass is 19.1. The zero-order chi connectivity index (χ0) is 23.2. The van der Waals surface area contributed by atoms with E-state index in [1.54, 1.807) is 30.3 Å². The molecular formula is C26H24FN3O3. The molecule has 3 N–H and O–H groups in total. The third-order valence-corrected chi connectivity index (χ3v) is 5.30. The predicted molar refractivity (Wildman–Crippen MR) is 127 cm³/mol. The topological polar surface area (TPSA) is 83.2 Å². The number of rotatable bonds is 8. The van der Waals surface area contributed by atoms with Gasteiger partial charge in [0, 0.05) is 41.8 Å². The van der Waals surface area contributed by atoms with Gasteiger partial charge >= 0.3 is 0 Å². The second-order valence-electron chi connectivity index (χ2n) is 7.57. The number of hydrogen-bond donors (Lipinski definition) is 3. The van der Waals surface area contributed by atoms with Gasteiger partial charge in [0.05, 0.1) is 0 Å². The standard InChI is InChI=1S/C26H24FN3O3/c1-28-25(32)16-33-20-9-5-8-19(15-20)29-24(31)13-11-21-22-14-18(27)10-12-23(22)30-26(21)17-6-3-2-4-7-17/h2-10,12,14-15,30H,11,13,16H2,1H3,(H,28,32)(H,29,31). The number of aromatic amines is 1. The number of carbonyl (C=O) groups excluding carboxylic acids is 2. The van der Waals surface area contributed by atoms with Crippen LogP contribution >= 0.6 is 0 Å². The van der Waals surface area contributed by atoms with Crippen LogP contribution in [0.4, 0.5) is 10.1 Å². The molecule has 7 heteroatoms. The van der Waals surface area contributed by atoms with Gasteiger partial charge in [-0.2, -0.15) is 0 Å². The zero-order valence-corrected chi connectivity index (χ0v) is 18.2.